The van der Waals surface area contributed by atoms with E-state index in [1.54, 1.807) is 17.8 Å². The predicted octanol–water partition coefficient (Wildman–Crippen LogP) is 3.67. The van der Waals surface area contributed by atoms with Crippen LogP contribution in [0.2, 0.25) is 0 Å². The van der Waals surface area contributed by atoms with Crippen molar-refractivity contribution >= 4 is 17.7 Å². The van der Waals surface area contributed by atoms with Crippen LogP contribution in [0.4, 0.5) is 0 Å². The van der Waals surface area contributed by atoms with Gasteiger partial charge in [0.1, 0.15) is 5.76 Å². The Balaban J connectivity index is 1.43. The van der Waals surface area contributed by atoms with E-state index in [1.807, 2.05) is 12.3 Å². The molecule has 1 aromatic heterocycles. The zero-order chi connectivity index (χ0) is 17.6. The molecule has 1 fully saturated rings. The van der Waals surface area contributed by atoms with Crippen LogP contribution >= 0.6 is 11.8 Å². The third-order valence-electron chi connectivity index (χ3n) is 4.79. The molecule has 2 heterocycles. The van der Waals surface area contributed by atoms with Crippen molar-refractivity contribution in [2.75, 3.05) is 32.4 Å². The number of rotatable bonds is 7. The molecule has 2 aromatic rings. The van der Waals surface area contributed by atoms with Crippen LogP contribution in [0.15, 0.2) is 40.8 Å². The van der Waals surface area contributed by atoms with Gasteiger partial charge in [-0.2, -0.15) is 11.8 Å². The molecule has 0 spiro atoms. The highest BCUT2D eigenvalue weighted by Crippen LogP contribution is 2.28. The fourth-order valence-corrected chi connectivity index (χ4v) is 3.91. The van der Waals surface area contributed by atoms with E-state index in [4.69, 9.17) is 4.42 Å². The number of carbonyl (C=O) groups excluding carboxylic acids is 1. The average molecular weight is 359 g/mol. The lowest BCUT2D eigenvalue weighted by atomic mass is 9.94. The predicted molar refractivity (Wildman–Crippen MR) is 103 cm³/mol. The molecule has 0 radical (unpaired) electrons. The van der Waals surface area contributed by atoms with Gasteiger partial charge in [-0.15, -0.1) is 0 Å². The fraction of sp³-hybridized carbons (Fsp3) is 0.450. The lowest BCUT2D eigenvalue weighted by molar-refractivity contribution is 0.0920. The van der Waals surface area contributed by atoms with E-state index >= 15 is 0 Å². The second kappa shape index (κ2) is 8.59. The maximum atomic E-state index is 12.1. The van der Waals surface area contributed by atoms with Gasteiger partial charge in [0.05, 0.1) is 5.75 Å². The Morgan fingerprint density at radius 2 is 2.16 bits per heavy atom. The first-order valence-corrected chi connectivity index (χ1v) is 10.2. The second-order valence-corrected chi connectivity index (χ2v) is 7.46. The van der Waals surface area contributed by atoms with Gasteiger partial charge in [-0.25, -0.2) is 0 Å². The summed E-state index contributed by atoms with van der Waals surface area (Å²) in [6, 6.07) is 12.3. The van der Waals surface area contributed by atoms with Crippen molar-refractivity contribution in [3.8, 4) is 0 Å². The van der Waals surface area contributed by atoms with Gasteiger partial charge in [-0.3, -0.25) is 4.79 Å². The molecule has 134 valence electrons. The number of nitrogens with one attached hydrogen (secondary N) is 1. The molecule has 1 N–H and O–H groups in total. The fourth-order valence-electron chi connectivity index (χ4n) is 3.47. The van der Waals surface area contributed by atoms with Gasteiger partial charge in [0, 0.05) is 19.6 Å². The third-order valence-corrected chi connectivity index (χ3v) is 5.36. The van der Waals surface area contributed by atoms with Gasteiger partial charge in [0.15, 0.2) is 5.76 Å². The summed E-state index contributed by atoms with van der Waals surface area (Å²) in [6.45, 7) is 5.88. The minimum Gasteiger partial charge on any atom is -0.455 e. The van der Waals surface area contributed by atoms with E-state index in [9.17, 15) is 4.79 Å². The van der Waals surface area contributed by atoms with E-state index in [0.717, 1.165) is 31.1 Å². The summed E-state index contributed by atoms with van der Waals surface area (Å²) in [5.74, 6) is 2.53. The lowest BCUT2D eigenvalue weighted by Crippen LogP contribution is -2.33. The summed E-state index contributed by atoms with van der Waals surface area (Å²) in [5.41, 5.74) is 2.84. The molecule has 1 amide bonds. The van der Waals surface area contributed by atoms with Gasteiger partial charge < -0.3 is 14.6 Å². The van der Waals surface area contributed by atoms with Gasteiger partial charge in [-0.1, -0.05) is 24.3 Å². The number of carbonyl (C=O) groups is 1. The molecule has 0 unspecified atom stereocenters. The quantitative estimate of drug-likeness (QED) is 0.820. The van der Waals surface area contributed by atoms with E-state index in [2.05, 4.69) is 41.4 Å². The molecule has 0 saturated carbocycles. The molecule has 1 aliphatic heterocycles. The molecule has 25 heavy (non-hydrogen) atoms. The Morgan fingerprint density at radius 3 is 2.96 bits per heavy atom. The molecule has 1 atom stereocenters. The molecule has 0 bridgehead atoms. The molecule has 1 aliphatic rings. The number of nitrogens with zero attached hydrogens (tertiary/aromatic N) is 1. The van der Waals surface area contributed by atoms with Gasteiger partial charge in [-0.05, 0) is 55.3 Å². The lowest BCUT2D eigenvalue weighted by Gasteiger charge is -2.17. The summed E-state index contributed by atoms with van der Waals surface area (Å²) in [5, 5.41) is 2.97. The van der Waals surface area contributed by atoms with E-state index in [-0.39, 0.29) is 5.91 Å². The maximum Gasteiger partial charge on any atom is 0.287 e. The van der Waals surface area contributed by atoms with Crippen LogP contribution in [-0.4, -0.2) is 43.2 Å². The highest BCUT2D eigenvalue weighted by molar-refractivity contribution is 7.97. The average Bonchev–Trinajstić information content (AvgIpc) is 3.25. The zero-order valence-electron chi connectivity index (χ0n) is 15.0. The Morgan fingerprint density at radius 1 is 1.32 bits per heavy atom. The van der Waals surface area contributed by atoms with Crippen LogP contribution in [0.5, 0.6) is 0 Å². The molecular weight excluding hydrogens is 332 g/mol. The normalized spacial score (nSPS) is 17.8. The summed E-state index contributed by atoms with van der Waals surface area (Å²) in [7, 11) is 0. The summed E-state index contributed by atoms with van der Waals surface area (Å²) in [4.78, 5) is 14.6. The Bertz CT molecular complexity index is 713. The minimum absolute atomic E-state index is 0.123. The van der Waals surface area contributed by atoms with E-state index in [0.29, 0.717) is 18.2 Å². The van der Waals surface area contributed by atoms with Gasteiger partial charge in [0.2, 0.25) is 0 Å². The topological polar surface area (TPSA) is 45.5 Å². The molecule has 4 nitrogen and oxygen atoms in total. The largest absolute Gasteiger partial charge is 0.455 e. The summed E-state index contributed by atoms with van der Waals surface area (Å²) < 4.78 is 5.55. The summed E-state index contributed by atoms with van der Waals surface area (Å²) in [6.07, 6.45) is 3.21. The molecule has 1 aromatic carbocycles. The number of likely N-dealkylation sites (tertiary alicyclic amines) is 1. The van der Waals surface area contributed by atoms with Crippen molar-refractivity contribution in [2.45, 2.75) is 25.0 Å². The number of thioether (sulfide) groups is 1. The Kier molecular flexibility index (Phi) is 6.21. The number of benzene rings is 1. The molecule has 1 saturated heterocycles. The third kappa shape index (κ3) is 4.67. The van der Waals surface area contributed by atoms with E-state index < -0.39 is 0 Å². The molecule has 5 heteroatoms. The van der Waals surface area contributed by atoms with Crippen LogP contribution in [-0.2, 0) is 5.75 Å². The standard InChI is InChI=1S/C20H26N2O2S/c1-15-5-3-4-6-18(15)16-9-11-22(13-16)12-10-21-20(23)19-8-7-17(24-19)14-25-2/h3-8,16H,9-14H2,1-2H3,(H,21,23)/t16-/m1/s1. The van der Waals surface area contributed by atoms with Crippen LogP contribution in [0, 0.1) is 6.92 Å². The number of amides is 1. The monoisotopic (exact) mass is 358 g/mol. The maximum absolute atomic E-state index is 12.1. The van der Waals surface area contributed by atoms with Crippen LogP contribution in [0.1, 0.15) is 39.8 Å². The van der Waals surface area contributed by atoms with Crippen LogP contribution in [0.3, 0.4) is 0 Å². The zero-order valence-corrected chi connectivity index (χ0v) is 15.8. The highest BCUT2D eigenvalue weighted by atomic mass is 32.2. The van der Waals surface area contributed by atoms with Gasteiger partial charge in [0.25, 0.3) is 5.91 Å². The minimum atomic E-state index is -0.123. The number of hydrogen-bond acceptors (Lipinski definition) is 4. The number of aryl methyl sites for hydroxylation is 1. The van der Waals surface area contributed by atoms with Gasteiger partial charge >= 0.3 is 0 Å². The Labute approximate surface area is 154 Å². The first kappa shape index (κ1) is 18.1. The van der Waals surface area contributed by atoms with Crippen molar-refractivity contribution in [3.63, 3.8) is 0 Å². The second-order valence-electron chi connectivity index (χ2n) is 6.60. The van der Waals surface area contributed by atoms with Crippen molar-refractivity contribution in [2.24, 2.45) is 0 Å². The number of furan rings is 1. The van der Waals surface area contributed by atoms with Crippen molar-refractivity contribution in [1.82, 2.24) is 10.2 Å². The van der Waals surface area contributed by atoms with Crippen LogP contribution in [0.25, 0.3) is 0 Å². The Hall–Kier alpha value is -1.72. The van der Waals surface area contributed by atoms with E-state index in [1.165, 1.54) is 17.5 Å². The summed E-state index contributed by atoms with van der Waals surface area (Å²) >= 11 is 1.68. The smallest absolute Gasteiger partial charge is 0.287 e. The first-order valence-electron chi connectivity index (χ1n) is 8.81. The molecule has 0 aliphatic carbocycles. The highest BCUT2D eigenvalue weighted by Gasteiger charge is 2.24. The first-order chi connectivity index (χ1) is 12.2. The SMILES string of the molecule is CSCc1ccc(C(=O)NCCN2CC[C@@H](c3ccccc3C)C2)o1. The van der Waals surface area contributed by atoms with Crippen molar-refractivity contribution in [3.05, 3.63) is 59.0 Å². The molecular formula is C20H26N2O2S. The number of hydrogen-bond donors (Lipinski definition) is 1. The van der Waals surface area contributed by atoms with Crippen molar-refractivity contribution in [1.29, 1.82) is 0 Å². The van der Waals surface area contributed by atoms with Crippen LogP contribution < -0.4 is 5.32 Å². The van der Waals surface area contributed by atoms with Crippen molar-refractivity contribution < 1.29 is 9.21 Å². The molecule has 3 rings (SSSR count).